The zero-order valence-electron chi connectivity index (χ0n) is 9.40. The number of hydrogen-bond donors (Lipinski definition) is 1. The lowest BCUT2D eigenvalue weighted by Gasteiger charge is -2.06. The molecular formula is C11H12O6S. The minimum atomic E-state index is -4.37. The van der Waals surface area contributed by atoms with E-state index in [0.29, 0.717) is 5.75 Å². The van der Waals surface area contributed by atoms with Crippen LogP contribution in [-0.2, 0) is 19.6 Å². The topological polar surface area (TPSA) is 89.9 Å². The Hall–Kier alpha value is -1.86. The predicted molar refractivity (Wildman–Crippen MR) is 64.5 cm³/mol. The highest BCUT2D eigenvalue weighted by Gasteiger charge is 2.13. The van der Waals surface area contributed by atoms with Gasteiger partial charge in [0.25, 0.3) is 10.1 Å². The Bertz CT molecular complexity index is 517. The van der Waals surface area contributed by atoms with Crippen LogP contribution in [0.4, 0.5) is 0 Å². The number of rotatable bonds is 6. The quantitative estimate of drug-likeness (QED) is 0.474. The normalized spacial score (nSPS) is 10.7. The van der Waals surface area contributed by atoms with Crippen LogP contribution in [0, 0.1) is 0 Å². The van der Waals surface area contributed by atoms with E-state index in [4.69, 9.17) is 9.29 Å². The van der Waals surface area contributed by atoms with E-state index in [1.54, 1.807) is 30.3 Å². The lowest BCUT2D eigenvalue weighted by atomic mass is 10.2. The summed E-state index contributed by atoms with van der Waals surface area (Å²) in [6, 6.07) is 6.80. The van der Waals surface area contributed by atoms with Gasteiger partial charge in [-0.15, -0.1) is 0 Å². The van der Waals surface area contributed by atoms with Crippen LogP contribution in [0.1, 0.15) is 5.56 Å². The van der Waals surface area contributed by atoms with Gasteiger partial charge in [-0.05, 0) is 17.7 Å². The van der Waals surface area contributed by atoms with Crippen molar-refractivity contribution < 1.29 is 27.2 Å². The smallest absolute Gasteiger partial charge is 0.326 e. The maximum Gasteiger partial charge on any atom is 0.326 e. The van der Waals surface area contributed by atoms with Crippen molar-refractivity contribution in [1.82, 2.24) is 0 Å². The molecule has 0 bridgehead atoms. The van der Waals surface area contributed by atoms with E-state index in [9.17, 15) is 13.2 Å². The van der Waals surface area contributed by atoms with Gasteiger partial charge in [0.1, 0.15) is 5.75 Å². The maximum absolute atomic E-state index is 10.9. The lowest BCUT2D eigenvalue weighted by Crippen LogP contribution is -2.19. The van der Waals surface area contributed by atoms with Gasteiger partial charge < -0.3 is 9.47 Å². The molecule has 1 aromatic rings. The summed E-state index contributed by atoms with van der Waals surface area (Å²) in [5.74, 6) is -1.72. The summed E-state index contributed by atoms with van der Waals surface area (Å²) in [4.78, 5) is 10.9. The molecule has 0 saturated heterocycles. The van der Waals surface area contributed by atoms with Crippen molar-refractivity contribution in [3.8, 4) is 5.75 Å². The minimum Gasteiger partial charge on any atom is -0.457 e. The van der Waals surface area contributed by atoms with E-state index >= 15 is 0 Å². The fourth-order valence-corrected chi connectivity index (χ4v) is 1.44. The number of carbonyl (C=O) groups excluding carboxylic acids is 1. The predicted octanol–water partition coefficient (Wildman–Crippen LogP) is 1.10. The summed E-state index contributed by atoms with van der Waals surface area (Å²) >= 11 is 0. The number of carbonyl (C=O) groups is 1. The van der Waals surface area contributed by atoms with Gasteiger partial charge in [0.2, 0.25) is 6.79 Å². The largest absolute Gasteiger partial charge is 0.457 e. The summed E-state index contributed by atoms with van der Waals surface area (Å²) in [6.07, 6.45) is 1.66. The van der Waals surface area contributed by atoms with Gasteiger partial charge in [0.05, 0.1) is 0 Å². The highest BCUT2D eigenvalue weighted by molar-refractivity contribution is 7.86. The Kier molecular flexibility index (Phi) is 4.87. The zero-order chi connectivity index (χ0) is 13.6. The molecule has 1 rings (SSSR count). The second-order valence-corrected chi connectivity index (χ2v) is 4.73. The third-order valence-electron chi connectivity index (χ3n) is 1.86. The van der Waals surface area contributed by atoms with E-state index in [1.165, 1.54) is 0 Å². The summed E-state index contributed by atoms with van der Waals surface area (Å²) in [5, 5.41) is 0. The molecule has 6 nitrogen and oxygen atoms in total. The summed E-state index contributed by atoms with van der Waals surface area (Å²) in [5.41, 5.74) is 0.908. The molecule has 0 amide bonds. The molecule has 0 fully saturated rings. The van der Waals surface area contributed by atoms with Gasteiger partial charge in [0.15, 0.2) is 5.75 Å². The fourth-order valence-electron chi connectivity index (χ4n) is 1.05. The molecule has 0 spiro atoms. The molecule has 0 aliphatic rings. The Morgan fingerprint density at radius 1 is 1.33 bits per heavy atom. The molecule has 0 aliphatic heterocycles. The van der Waals surface area contributed by atoms with Crippen molar-refractivity contribution in [2.45, 2.75) is 0 Å². The molecule has 98 valence electrons. The van der Waals surface area contributed by atoms with Crippen molar-refractivity contribution >= 4 is 22.2 Å². The van der Waals surface area contributed by atoms with E-state index < -0.39 is 28.6 Å². The molecule has 0 unspecified atom stereocenters. The van der Waals surface area contributed by atoms with Crippen LogP contribution in [0.5, 0.6) is 5.75 Å². The van der Waals surface area contributed by atoms with Crippen LogP contribution in [0.2, 0.25) is 0 Å². The molecule has 0 aromatic heterocycles. The number of benzene rings is 1. The number of hydrogen-bond acceptors (Lipinski definition) is 5. The van der Waals surface area contributed by atoms with Crippen molar-refractivity contribution in [2.75, 3.05) is 12.5 Å². The van der Waals surface area contributed by atoms with Crippen LogP contribution in [0.25, 0.3) is 6.08 Å². The molecule has 1 N–H and O–H groups in total. The first-order valence-electron chi connectivity index (χ1n) is 4.87. The molecule has 1 aromatic carbocycles. The van der Waals surface area contributed by atoms with Gasteiger partial charge >= 0.3 is 5.97 Å². The van der Waals surface area contributed by atoms with Crippen molar-refractivity contribution in [2.24, 2.45) is 0 Å². The first-order valence-corrected chi connectivity index (χ1v) is 6.48. The average Bonchev–Trinajstić information content (AvgIpc) is 2.27. The van der Waals surface area contributed by atoms with E-state index in [2.05, 4.69) is 11.3 Å². The molecule has 0 aliphatic carbocycles. The molecule has 0 radical (unpaired) electrons. The summed E-state index contributed by atoms with van der Waals surface area (Å²) < 4.78 is 38.6. The summed E-state index contributed by atoms with van der Waals surface area (Å²) in [7, 11) is -4.37. The van der Waals surface area contributed by atoms with Crippen molar-refractivity contribution in [3.63, 3.8) is 0 Å². The van der Waals surface area contributed by atoms with Gasteiger partial charge in [-0.25, -0.2) is 0 Å². The van der Waals surface area contributed by atoms with Gasteiger partial charge in [-0.3, -0.25) is 9.35 Å². The standard InChI is InChI=1S/C11H12O6S/c1-2-9-3-5-10(6-4-9)16-8-17-11(12)7-18(13,14)15/h2-6H,1,7-8H2,(H,13,14,15). The summed E-state index contributed by atoms with van der Waals surface area (Å²) in [6.45, 7) is 3.16. The maximum atomic E-state index is 10.9. The second kappa shape index (κ2) is 6.18. The first-order chi connectivity index (χ1) is 8.40. The van der Waals surface area contributed by atoms with Gasteiger partial charge in [0, 0.05) is 0 Å². The highest BCUT2D eigenvalue weighted by Crippen LogP contribution is 2.12. The van der Waals surface area contributed by atoms with Crippen LogP contribution >= 0.6 is 0 Å². The number of esters is 1. The van der Waals surface area contributed by atoms with Gasteiger partial charge in [-0.2, -0.15) is 8.42 Å². The Labute approximate surface area is 105 Å². The van der Waals surface area contributed by atoms with Gasteiger partial charge in [-0.1, -0.05) is 24.8 Å². The van der Waals surface area contributed by atoms with Crippen LogP contribution in [0.15, 0.2) is 30.8 Å². The van der Waals surface area contributed by atoms with E-state index in [-0.39, 0.29) is 0 Å². The molecule has 18 heavy (non-hydrogen) atoms. The van der Waals surface area contributed by atoms with Crippen LogP contribution in [-0.4, -0.2) is 31.5 Å². The number of ether oxygens (including phenoxy) is 2. The monoisotopic (exact) mass is 272 g/mol. The van der Waals surface area contributed by atoms with E-state index in [1.807, 2.05) is 0 Å². The van der Waals surface area contributed by atoms with E-state index in [0.717, 1.165) is 5.56 Å². The first kappa shape index (κ1) is 14.2. The second-order valence-electron chi connectivity index (χ2n) is 3.28. The Balaban J connectivity index is 2.37. The average molecular weight is 272 g/mol. The molecule has 7 heteroatoms. The Morgan fingerprint density at radius 2 is 1.94 bits per heavy atom. The third-order valence-corrected chi connectivity index (χ3v) is 2.46. The molecule has 0 saturated carbocycles. The SMILES string of the molecule is C=Cc1ccc(OCOC(=O)CS(=O)(=O)O)cc1. The zero-order valence-corrected chi connectivity index (χ0v) is 10.2. The minimum absolute atomic E-state index is 0.429. The Morgan fingerprint density at radius 3 is 2.44 bits per heavy atom. The van der Waals surface area contributed by atoms with Crippen molar-refractivity contribution in [1.29, 1.82) is 0 Å². The van der Waals surface area contributed by atoms with Crippen molar-refractivity contribution in [3.05, 3.63) is 36.4 Å². The fraction of sp³-hybridized carbons (Fsp3) is 0.182. The molecule has 0 heterocycles. The third kappa shape index (κ3) is 5.46. The van der Waals surface area contributed by atoms with Crippen LogP contribution in [0.3, 0.4) is 0 Å². The van der Waals surface area contributed by atoms with Crippen LogP contribution < -0.4 is 4.74 Å². The molecule has 0 atom stereocenters. The lowest BCUT2D eigenvalue weighted by molar-refractivity contribution is -0.147. The molecular weight excluding hydrogens is 260 g/mol. The highest BCUT2D eigenvalue weighted by atomic mass is 32.2.